The zero-order valence-corrected chi connectivity index (χ0v) is 27.7. The highest BCUT2D eigenvalue weighted by Crippen LogP contribution is 2.42. The van der Waals surface area contributed by atoms with Crippen molar-refractivity contribution in [3.63, 3.8) is 0 Å². The second-order valence-electron chi connectivity index (χ2n) is 12.0. The van der Waals surface area contributed by atoms with Crippen molar-refractivity contribution in [3.05, 3.63) is 87.9 Å². The van der Waals surface area contributed by atoms with Crippen LogP contribution >= 0.6 is 23.2 Å². The number of hydrogen-bond acceptors (Lipinski definition) is 8. The van der Waals surface area contributed by atoms with Gasteiger partial charge in [0.05, 0.1) is 34.5 Å². The number of carbonyl (C=O) groups excluding carboxylic acids is 1. The van der Waals surface area contributed by atoms with Crippen molar-refractivity contribution in [2.75, 3.05) is 32.1 Å². The molecular weight excluding hydrogens is 658 g/mol. The molecule has 2 aromatic carbocycles. The summed E-state index contributed by atoms with van der Waals surface area (Å²) in [6.45, 7) is 2.47. The molecular formula is C35H35Cl2FN6O4. The van der Waals surface area contributed by atoms with Gasteiger partial charge in [-0.15, -0.1) is 0 Å². The number of aliphatic carboxylic acids is 1. The highest BCUT2D eigenvalue weighted by molar-refractivity contribution is 6.39. The maximum absolute atomic E-state index is 15.6. The Balaban J connectivity index is 1.20. The predicted molar refractivity (Wildman–Crippen MR) is 183 cm³/mol. The van der Waals surface area contributed by atoms with Gasteiger partial charge in [0.15, 0.2) is 11.6 Å². The minimum atomic E-state index is -0.833. The van der Waals surface area contributed by atoms with E-state index in [2.05, 4.69) is 25.9 Å². The Hall–Kier alpha value is -4.29. The van der Waals surface area contributed by atoms with E-state index in [1.165, 1.54) is 6.20 Å². The van der Waals surface area contributed by atoms with Gasteiger partial charge < -0.3 is 25.8 Å². The lowest BCUT2D eigenvalue weighted by atomic mass is 10.0. The number of carboxylic acid groups (broad SMARTS) is 1. The number of aromatic nitrogens is 2. The Kier molecular flexibility index (Phi) is 10.4. The van der Waals surface area contributed by atoms with E-state index < -0.39 is 17.7 Å². The number of rotatable bonds is 12. The van der Waals surface area contributed by atoms with Gasteiger partial charge in [0.25, 0.3) is 0 Å². The first-order valence-electron chi connectivity index (χ1n) is 15.7. The number of methoxy groups -OCH3 is 1. The monoisotopic (exact) mass is 692 g/mol. The number of carbonyl (C=O) groups is 2. The Morgan fingerprint density at radius 3 is 2.65 bits per heavy atom. The van der Waals surface area contributed by atoms with Crippen molar-refractivity contribution in [1.29, 1.82) is 0 Å². The standard InChI is InChI=1S/C35H35Cl2FN6O4/c1-48-28-15-20(5-6-21(28)16-39-17-24-7-8-29(45)42-24)33-31(37)26(10-13-40-33)25-3-2-4-27(30(25)36)43-34-32(38)22(9-12-41-34)18-44-14-11-23(19-44)35(46)47/h2-6,9-10,12-13,15,23-24,39H,7-8,11,14,16-19H2,1H3,(H,41,43)(H,42,45)(H,46,47)/t23-,24+/m0/s1. The lowest BCUT2D eigenvalue weighted by molar-refractivity contribution is -0.141. The van der Waals surface area contributed by atoms with Crippen LogP contribution in [0.3, 0.4) is 0 Å². The van der Waals surface area contributed by atoms with E-state index in [0.717, 1.165) is 17.5 Å². The summed E-state index contributed by atoms with van der Waals surface area (Å²) in [4.78, 5) is 33.5. The van der Waals surface area contributed by atoms with E-state index in [-0.39, 0.29) is 24.3 Å². The largest absolute Gasteiger partial charge is 0.496 e. The molecule has 0 bridgehead atoms. The highest BCUT2D eigenvalue weighted by atomic mass is 35.5. The van der Waals surface area contributed by atoms with E-state index >= 15 is 4.39 Å². The fourth-order valence-electron chi connectivity index (χ4n) is 6.18. The number of carboxylic acids is 1. The van der Waals surface area contributed by atoms with Crippen molar-refractivity contribution in [2.45, 2.75) is 38.4 Å². The number of halogens is 3. The summed E-state index contributed by atoms with van der Waals surface area (Å²) in [5.74, 6) is -1.04. The number of amides is 1. The van der Waals surface area contributed by atoms with Gasteiger partial charge in [0.2, 0.25) is 5.91 Å². The Morgan fingerprint density at radius 2 is 1.90 bits per heavy atom. The molecule has 0 spiro atoms. The first kappa shape index (κ1) is 33.6. The predicted octanol–water partition coefficient (Wildman–Crippen LogP) is 6.28. The SMILES string of the molecule is COc1cc(-c2nccc(-c3cccc(Nc4nccc(CN5CC[C@H](C(=O)O)C5)c4F)c3Cl)c2Cl)ccc1CNC[C@H]1CCC(=O)N1. The quantitative estimate of drug-likeness (QED) is 0.136. The number of benzene rings is 2. The van der Waals surface area contributed by atoms with Gasteiger partial charge >= 0.3 is 5.97 Å². The third-order valence-electron chi connectivity index (χ3n) is 8.77. The molecule has 0 aliphatic carbocycles. The number of hydrogen-bond donors (Lipinski definition) is 4. The first-order chi connectivity index (χ1) is 23.2. The van der Waals surface area contributed by atoms with E-state index in [1.807, 2.05) is 29.2 Å². The van der Waals surface area contributed by atoms with Gasteiger partial charge in [0.1, 0.15) is 5.75 Å². The molecule has 2 aromatic heterocycles. The molecule has 0 radical (unpaired) electrons. The van der Waals surface area contributed by atoms with Gasteiger partial charge in [-0.25, -0.2) is 9.37 Å². The van der Waals surface area contributed by atoms with Crippen molar-refractivity contribution >= 4 is 46.6 Å². The number of anilines is 2. The van der Waals surface area contributed by atoms with Crippen LogP contribution in [0.2, 0.25) is 10.0 Å². The molecule has 2 aliphatic heterocycles. The van der Waals surface area contributed by atoms with Gasteiger partial charge in [-0.2, -0.15) is 0 Å². The van der Waals surface area contributed by atoms with Crippen LogP contribution in [0.15, 0.2) is 60.9 Å². The smallest absolute Gasteiger partial charge is 0.307 e. The second-order valence-corrected chi connectivity index (χ2v) is 12.7. The van der Waals surface area contributed by atoms with Crippen LogP contribution in [0.5, 0.6) is 5.75 Å². The van der Waals surface area contributed by atoms with Gasteiger partial charge in [0, 0.05) is 78.9 Å². The number of pyridine rings is 2. The molecule has 13 heteroatoms. The summed E-state index contributed by atoms with van der Waals surface area (Å²) in [6, 6.07) is 14.6. The van der Waals surface area contributed by atoms with Crippen LogP contribution in [-0.4, -0.2) is 64.6 Å². The van der Waals surface area contributed by atoms with Gasteiger partial charge in [-0.1, -0.05) is 47.5 Å². The van der Waals surface area contributed by atoms with Crippen LogP contribution in [0.4, 0.5) is 15.9 Å². The summed E-state index contributed by atoms with van der Waals surface area (Å²) in [5, 5.41) is 19.4. The molecule has 0 unspecified atom stereocenters. The minimum absolute atomic E-state index is 0.0108. The van der Waals surface area contributed by atoms with Crippen LogP contribution < -0.4 is 20.7 Å². The lowest BCUT2D eigenvalue weighted by Gasteiger charge is -2.18. The summed E-state index contributed by atoms with van der Waals surface area (Å²) < 4.78 is 21.3. The van der Waals surface area contributed by atoms with Gasteiger partial charge in [-0.3, -0.25) is 19.5 Å². The maximum atomic E-state index is 15.6. The Bertz CT molecular complexity index is 1840. The highest BCUT2D eigenvalue weighted by Gasteiger charge is 2.29. The summed E-state index contributed by atoms with van der Waals surface area (Å²) in [5.41, 5.74) is 4.36. The van der Waals surface area contributed by atoms with Crippen molar-refractivity contribution in [1.82, 2.24) is 25.5 Å². The molecule has 2 atom stereocenters. The first-order valence-corrected chi connectivity index (χ1v) is 16.4. The van der Waals surface area contributed by atoms with Gasteiger partial charge in [-0.05, 0) is 43.7 Å². The molecule has 2 aliphatic rings. The van der Waals surface area contributed by atoms with Crippen LogP contribution in [0.1, 0.15) is 30.4 Å². The van der Waals surface area contributed by atoms with E-state index in [1.54, 1.807) is 37.6 Å². The zero-order chi connectivity index (χ0) is 33.8. The molecule has 48 heavy (non-hydrogen) atoms. The number of ether oxygens (including phenoxy) is 1. The minimum Gasteiger partial charge on any atom is -0.496 e. The lowest BCUT2D eigenvalue weighted by Crippen LogP contribution is -2.35. The molecule has 4 aromatic rings. The fourth-order valence-corrected chi connectivity index (χ4v) is 6.78. The fraction of sp³-hybridized carbons (Fsp3) is 0.314. The van der Waals surface area contributed by atoms with Crippen molar-refractivity contribution in [3.8, 4) is 28.1 Å². The molecule has 4 heterocycles. The van der Waals surface area contributed by atoms with E-state index in [9.17, 15) is 14.7 Å². The molecule has 1 amide bonds. The molecule has 10 nitrogen and oxygen atoms in total. The molecule has 2 saturated heterocycles. The number of nitrogens with one attached hydrogen (secondary N) is 3. The average molecular weight is 694 g/mol. The van der Waals surface area contributed by atoms with Crippen molar-refractivity contribution in [2.24, 2.45) is 5.92 Å². The third kappa shape index (κ3) is 7.39. The topological polar surface area (TPSA) is 129 Å². The van der Waals surface area contributed by atoms with Crippen molar-refractivity contribution < 1.29 is 23.8 Å². The molecule has 4 N–H and O–H groups in total. The summed E-state index contributed by atoms with van der Waals surface area (Å²) in [6.07, 6.45) is 5.09. The number of likely N-dealkylation sites (tertiary alicyclic amines) is 1. The second kappa shape index (κ2) is 14.9. The normalized spacial score (nSPS) is 17.8. The molecule has 250 valence electrons. The van der Waals surface area contributed by atoms with Crippen LogP contribution in [0.25, 0.3) is 22.4 Å². The third-order valence-corrected chi connectivity index (χ3v) is 9.56. The van der Waals surface area contributed by atoms with E-state index in [4.69, 9.17) is 27.9 Å². The van der Waals surface area contributed by atoms with Crippen LogP contribution in [-0.2, 0) is 22.7 Å². The van der Waals surface area contributed by atoms with Crippen LogP contribution in [0, 0.1) is 11.7 Å². The average Bonchev–Trinajstić information content (AvgIpc) is 3.73. The molecule has 0 saturated carbocycles. The number of nitrogens with zero attached hydrogens (tertiary/aromatic N) is 3. The molecule has 2 fully saturated rings. The summed E-state index contributed by atoms with van der Waals surface area (Å²) >= 11 is 13.9. The Labute approximate surface area is 287 Å². The van der Waals surface area contributed by atoms with E-state index in [0.29, 0.717) is 82.9 Å². The zero-order valence-electron chi connectivity index (χ0n) is 26.2. The Morgan fingerprint density at radius 1 is 1.08 bits per heavy atom. The summed E-state index contributed by atoms with van der Waals surface area (Å²) in [7, 11) is 1.61. The maximum Gasteiger partial charge on any atom is 0.307 e. The molecule has 6 rings (SSSR count).